The number of nitrogens with one attached hydrogen (secondary N) is 1. The molecule has 0 spiro atoms. The van der Waals surface area contributed by atoms with Crippen molar-refractivity contribution >= 4 is 42.6 Å². The first kappa shape index (κ1) is 19.9. The van der Waals surface area contributed by atoms with E-state index in [0.29, 0.717) is 18.0 Å². The monoisotopic (exact) mass is 433 g/mol. The summed E-state index contributed by atoms with van der Waals surface area (Å²) in [5.74, 6) is -1.27. The van der Waals surface area contributed by atoms with Gasteiger partial charge in [0.2, 0.25) is 15.9 Å². The summed E-state index contributed by atoms with van der Waals surface area (Å²) in [6.07, 6.45) is 1.82. The van der Waals surface area contributed by atoms with Gasteiger partial charge < -0.3 is 5.32 Å². The van der Waals surface area contributed by atoms with E-state index in [9.17, 15) is 17.6 Å². The minimum absolute atomic E-state index is 0.175. The Bertz CT molecular complexity index is 1180. The first-order chi connectivity index (χ1) is 13.9. The fourth-order valence-corrected chi connectivity index (χ4v) is 6.16. The molecule has 0 bridgehead atoms. The molecule has 1 fully saturated rings. The van der Waals surface area contributed by atoms with E-state index in [-0.39, 0.29) is 6.54 Å². The summed E-state index contributed by atoms with van der Waals surface area (Å²) in [5.41, 5.74) is 1.96. The number of sulfonamides is 1. The van der Waals surface area contributed by atoms with Crippen molar-refractivity contribution in [2.24, 2.45) is 0 Å². The van der Waals surface area contributed by atoms with Crippen molar-refractivity contribution in [3.05, 3.63) is 53.8 Å². The maximum atomic E-state index is 14.1. The van der Waals surface area contributed by atoms with Crippen molar-refractivity contribution in [3.8, 4) is 0 Å². The summed E-state index contributed by atoms with van der Waals surface area (Å²) in [5, 5.41) is 3.17. The van der Waals surface area contributed by atoms with Crippen molar-refractivity contribution in [1.82, 2.24) is 9.29 Å². The van der Waals surface area contributed by atoms with E-state index in [1.807, 2.05) is 18.2 Å². The standard InChI is InChI=1S/C20H20FN3O3S2/c1-2-13-9-10-15-17(12-13)28-20(22-15)23-19(25)16-7-5-11-24(16)29(26,27)18-8-4-3-6-14(18)21/h3-4,6,8-10,12,16H,2,5,7,11H2,1H3,(H,22,23,25). The van der Waals surface area contributed by atoms with Gasteiger partial charge in [0.1, 0.15) is 16.8 Å². The number of fused-ring (bicyclic) bond motifs is 1. The Morgan fingerprint density at radius 1 is 1.31 bits per heavy atom. The highest BCUT2D eigenvalue weighted by Crippen LogP contribution is 2.30. The second-order valence-electron chi connectivity index (χ2n) is 6.87. The number of anilines is 1. The zero-order valence-electron chi connectivity index (χ0n) is 15.8. The Morgan fingerprint density at radius 3 is 2.86 bits per heavy atom. The Morgan fingerprint density at radius 2 is 2.10 bits per heavy atom. The molecule has 0 saturated carbocycles. The molecular weight excluding hydrogens is 413 g/mol. The van der Waals surface area contributed by atoms with Crippen LogP contribution in [0.2, 0.25) is 0 Å². The van der Waals surface area contributed by atoms with Gasteiger partial charge in [0.15, 0.2) is 5.13 Å². The Kier molecular flexibility index (Phi) is 5.37. The minimum atomic E-state index is -4.11. The number of benzene rings is 2. The molecule has 1 unspecified atom stereocenters. The van der Waals surface area contributed by atoms with E-state index in [1.54, 1.807) is 0 Å². The first-order valence-corrected chi connectivity index (χ1v) is 11.6. The fourth-order valence-electron chi connectivity index (χ4n) is 3.50. The third kappa shape index (κ3) is 3.77. The first-order valence-electron chi connectivity index (χ1n) is 9.37. The van der Waals surface area contributed by atoms with E-state index in [4.69, 9.17) is 0 Å². The van der Waals surface area contributed by atoms with Crippen molar-refractivity contribution < 1.29 is 17.6 Å². The molecule has 1 amide bonds. The van der Waals surface area contributed by atoms with Gasteiger partial charge in [-0.3, -0.25) is 4.79 Å². The van der Waals surface area contributed by atoms with E-state index in [2.05, 4.69) is 17.2 Å². The number of hydrogen-bond acceptors (Lipinski definition) is 5. The molecule has 2 heterocycles. The molecule has 152 valence electrons. The summed E-state index contributed by atoms with van der Waals surface area (Å²) in [7, 11) is -4.11. The van der Waals surface area contributed by atoms with Gasteiger partial charge in [-0.2, -0.15) is 4.31 Å². The normalized spacial score (nSPS) is 17.7. The van der Waals surface area contributed by atoms with Crippen molar-refractivity contribution in [3.63, 3.8) is 0 Å². The largest absolute Gasteiger partial charge is 0.301 e. The Hall–Kier alpha value is -2.36. The summed E-state index contributed by atoms with van der Waals surface area (Å²) >= 11 is 1.35. The Labute approximate surface area is 172 Å². The molecule has 9 heteroatoms. The molecule has 3 aromatic rings. The average molecular weight is 434 g/mol. The minimum Gasteiger partial charge on any atom is -0.301 e. The molecule has 1 N–H and O–H groups in total. The van der Waals surface area contributed by atoms with Crippen molar-refractivity contribution in [2.45, 2.75) is 37.1 Å². The maximum Gasteiger partial charge on any atom is 0.246 e. The molecule has 29 heavy (non-hydrogen) atoms. The molecule has 6 nitrogen and oxygen atoms in total. The summed E-state index contributed by atoms with van der Waals surface area (Å²) in [6.45, 7) is 2.24. The number of carbonyl (C=O) groups is 1. The second kappa shape index (κ2) is 7.81. The number of nitrogens with zero attached hydrogens (tertiary/aromatic N) is 2. The van der Waals surface area contributed by atoms with Crippen molar-refractivity contribution in [2.75, 3.05) is 11.9 Å². The molecule has 4 rings (SSSR count). The predicted octanol–water partition coefficient (Wildman–Crippen LogP) is 3.79. The van der Waals surface area contributed by atoms with Crippen LogP contribution in [0.15, 0.2) is 47.4 Å². The third-order valence-electron chi connectivity index (χ3n) is 5.02. The van der Waals surface area contributed by atoms with Crippen LogP contribution in [0, 0.1) is 5.82 Å². The third-order valence-corrected chi connectivity index (χ3v) is 7.90. The van der Waals surface area contributed by atoms with Crippen LogP contribution in [0.1, 0.15) is 25.3 Å². The Balaban J connectivity index is 1.57. The summed E-state index contributed by atoms with van der Waals surface area (Å²) in [6, 6.07) is 10.3. The van der Waals surface area contributed by atoms with E-state index in [0.717, 1.165) is 27.0 Å². The molecule has 0 radical (unpaired) electrons. The smallest absolute Gasteiger partial charge is 0.246 e. The lowest BCUT2D eigenvalue weighted by atomic mass is 10.2. The van der Waals surface area contributed by atoms with Crippen LogP contribution in [0.25, 0.3) is 10.2 Å². The van der Waals surface area contributed by atoms with Gasteiger partial charge in [-0.1, -0.05) is 36.5 Å². The van der Waals surface area contributed by atoms with Gasteiger partial charge in [-0.15, -0.1) is 0 Å². The molecular formula is C20H20FN3O3S2. The highest BCUT2D eigenvalue weighted by Gasteiger charge is 2.40. The summed E-state index contributed by atoms with van der Waals surface area (Å²) < 4.78 is 42.0. The van der Waals surface area contributed by atoms with Crippen LogP contribution in [0.4, 0.5) is 9.52 Å². The summed E-state index contributed by atoms with van der Waals surface area (Å²) in [4.78, 5) is 16.9. The van der Waals surface area contributed by atoms with Crippen LogP contribution < -0.4 is 5.32 Å². The van der Waals surface area contributed by atoms with Crippen LogP contribution in [0.5, 0.6) is 0 Å². The van der Waals surface area contributed by atoms with Gasteiger partial charge >= 0.3 is 0 Å². The van der Waals surface area contributed by atoms with Gasteiger partial charge in [0.25, 0.3) is 0 Å². The van der Waals surface area contributed by atoms with E-state index < -0.39 is 32.7 Å². The fraction of sp³-hybridized carbons (Fsp3) is 0.300. The highest BCUT2D eigenvalue weighted by atomic mass is 32.2. The van der Waals surface area contributed by atoms with Crippen LogP contribution in [0.3, 0.4) is 0 Å². The van der Waals surface area contributed by atoms with Gasteiger partial charge in [0.05, 0.1) is 10.2 Å². The van der Waals surface area contributed by atoms with Gasteiger partial charge in [0, 0.05) is 6.54 Å². The molecule has 1 saturated heterocycles. The predicted molar refractivity (Wildman–Crippen MR) is 111 cm³/mol. The number of aromatic nitrogens is 1. The molecule has 1 aliphatic heterocycles. The number of thiazole rings is 1. The number of carbonyl (C=O) groups excluding carboxylic acids is 1. The maximum absolute atomic E-state index is 14.1. The van der Waals surface area contributed by atoms with Crippen LogP contribution in [-0.4, -0.2) is 36.2 Å². The number of rotatable bonds is 5. The molecule has 0 aliphatic carbocycles. The lowest BCUT2D eigenvalue weighted by molar-refractivity contribution is -0.119. The zero-order valence-corrected chi connectivity index (χ0v) is 17.4. The number of hydrogen-bond donors (Lipinski definition) is 1. The molecule has 1 aromatic heterocycles. The quantitative estimate of drug-likeness (QED) is 0.664. The van der Waals surface area contributed by atoms with Crippen molar-refractivity contribution in [1.29, 1.82) is 0 Å². The topological polar surface area (TPSA) is 79.4 Å². The number of amides is 1. The van der Waals surface area contributed by atoms with Crippen LogP contribution in [-0.2, 0) is 21.2 Å². The van der Waals surface area contributed by atoms with E-state index in [1.165, 1.54) is 35.1 Å². The molecule has 2 aromatic carbocycles. The zero-order chi connectivity index (χ0) is 20.6. The second-order valence-corrected chi connectivity index (χ2v) is 9.76. The van der Waals surface area contributed by atoms with Crippen LogP contribution >= 0.6 is 11.3 Å². The lowest BCUT2D eigenvalue weighted by Gasteiger charge is -2.23. The average Bonchev–Trinajstić information content (AvgIpc) is 3.34. The lowest BCUT2D eigenvalue weighted by Crippen LogP contribution is -2.43. The molecule has 1 atom stereocenters. The molecule has 1 aliphatic rings. The SMILES string of the molecule is CCc1ccc2nc(NC(=O)C3CCCN3S(=O)(=O)c3ccccc3F)sc2c1. The van der Waals surface area contributed by atoms with E-state index >= 15 is 0 Å². The van der Waals surface area contributed by atoms with Gasteiger partial charge in [-0.05, 0) is 49.1 Å². The number of aryl methyl sites for hydroxylation is 1. The highest BCUT2D eigenvalue weighted by molar-refractivity contribution is 7.89. The number of halogens is 1. The van der Waals surface area contributed by atoms with Gasteiger partial charge in [-0.25, -0.2) is 17.8 Å².